The average molecular weight is 417 g/mol. The fourth-order valence-corrected chi connectivity index (χ4v) is 2.90. The van der Waals surface area contributed by atoms with E-state index in [1.54, 1.807) is 49.7 Å². The van der Waals surface area contributed by atoms with Gasteiger partial charge in [-0.15, -0.1) is 0 Å². The Kier molecular flexibility index (Phi) is 6.81. The molecule has 0 bridgehead atoms. The van der Waals surface area contributed by atoms with Crippen LogP contribution in [0.5, 0.6) is 0 Å². The predicted molar refractivity (Wildman–Crippen MR) is 112 cm³/mol. The molecule has 0 aliphatic carbocycles. The van der Waals surface area contributed by atoms with Gasteiger partial charge in [0.05, 0.1) is 27.9 Å². The molecule has 0 radical (unpaired) electrons. The summed E-state index contributed by atoms with van der Waals surface area (Å²) in [7, 11) is 1.62. The summed E-state index contributed by atoms with van der Waals surface area (Å²) in [6.07, 6.45) is 3.15. The zero-order valence-electron chi connectivity index (χ0n) is 15.1. The monoisotopic (exact) mass is 416 g/mol. The first-order valence-corrected chi connectivity index (χ1v) is 9.24. The quantitative estimate of drug-likeness (QED) is 0.542. The van der Waals surface area contributed by atoms with Crippen LogP contribution in [0.25, 0.3) is 11.3 Å². The van der Waals surface area contributed by atoms with E-state index >= 15 is 0 Å². The maximum absolute atomic E-state index is 12.8. The van der Waals surface area contributed by atoms with Crippen LogP contribution in [0.3, 0.4) is 0 Å². The lowest BCUT2D eigenvalue weighted by Crippen LogP contribution is -2.17. The largest absolute Gasteiger partial charge is 0.383 e. The summed E-state index contributed by atoms with van der Waals surface area (Å²) in [6, 6.07) is 12.2. The number of rotatable bonds is 7. The van der Waals surface area contributed by atoms with Crippen molar-refractivity contribution in [2.45, 2.75) is 0 Å². The summed E-state index contributed by atoms with van der Waals surface area (Å²) in [5, 5.41) is 7.02. The van der Waals surface area contributed by atoms with Crippen molar-refractivity contribution in [2.24, 2.45) is 0 Å². The van der Waals surface area contributed by atoms with Crippen LogP contribution in [0, 0.1) is 0 Å². The number of carbonyl (C=O) groups is 1. The molecule has 0 fully saturated rings. The van der Waals surface area contributed by atoms with E-state index in [2.05, 4.69) is 20.6 Å². The van der Waals surface area contributed by atoms with Crippen molar-refractivity contribution < 1.29 is 9.53 Å². The lowest BCUT2D eigenvalue weighted by atomic mass is 10.0. The Hall–Kier alpha value is -2.67. The highest BCUT2D eigenvalue weighted by Gasteiger charge is 2.15. The maximum atomic E-state index is 12.8. The molecular formula is C20H18Cl2N4O2. The van der Waals surface area contributed by atoms with Gasteiger partial charge in [-0.2, -0.15) is 0 Å². The number of nitrogens with zero attached hydrogens (tertiary/aromatic N) is 2. The zero-order valence-corrected chi connectivity index (χ0v) is 16.6. The first kappa shape index (κ1) is 20.1. The van der Waals surface area contributed by atoms with Crippen molar-refractivity contribution in [2.75, 3.05) is 30.9 Å². The van der Waals surface area contributed by atoms with Crippen LogP contribution in [0.4, 0.5) is 11.5 Å². The molecule has 0 aliphatic heterocycles. The first-order valence-electron chi connectivity index (χ1n) is 8.49. The lowest BCUT2D eigenvalue weighted by Gasteiger charge is -2.14. The Morgan fingerprint density at radius 2 is 2.00 bits per heavy atom. The molecule has 3 aromatic rings. The Balaban J connectivity index is 1.91. The Morgan fingerprint density at radius 3 is 2.71 bits per heavy atom. The van der Waals surface area contributed by atoms with Crippen molar-refractivity contribution >= 4 is 40.6 Å². The second-order valence-corrected chi connectivity index (χ2v) is 6.67. The third-order valence-electron chi connectivity index (χ3n) is 3.89. The zero-order chi connectivity index (χ0) is 19.9. The summed E-state index contributed by atoms with van der Waals surface area (Å²) in [4.78, 5) is 21.2. The SMILES string of the molecule is COCCNc1cc(-c2ncccc2Cl)ccc1C(=O)Nc1ccc(Cl)cn1. The van der Waals surface area contributed by atoms with Crippen molar-refractivity contribution in [3.63, 3.8) is 0 Å². The second kappa shape index (κ2) is 9.50. The van der Waals surface area contributed by atoms with Crippen LogP contribution >= 0.6 is 23.2 Å². The molecule has 2 heterocycles. The van der Waals surface area contributed by atoms with Crippen molar-refractivity contribution in [1.82, 2.24) is 9.97 Å². The molecule has 144 valence electrons. The molecule has 2 N–H and O–H groups in total. The minimum absolute atomic E-state index is 0.298. The number of halogens is 2. The summed E-state index contributed by atoms with van der Waals surface area (Å²) < 4.78 is 5.09. The second-order valence-electron chi connectivity index (χ2n) is 5.83. The number of amides is 1. The van der Waals surface area contributed by atoms with Crippen molar-refractivity contribution in [3.8, 4) is 11.3 Å². The lowest BCUT2D eigenvalue weighted by molar-refractivity contribution is 0.102. The number of aromatic nitrogens is 2. The van der Waals surface area contributed by atoms with E-state index < -0.39 is 0 Å². The van der Waals surface area contributed by atoms with Gasteiger partial charge in [0.25, 0.3) is 5.91 Å². The van der Waals surface area contributed by atoms with Gasteiger partial charge < -0.3 is 15.4 Å². The molecule has 28 heavy (non-hydrogen) atoms. The molecule has 8 heteroatoms. The van der Waals surface area contributed by atoms with E-state index in [1.165, 1.54) is 6.20 Å². The number of pyridine rings is 2. The fraction of sp³-hybridized carbons (Fsp3) is 0.150. The van der Waals surface area contributed by atoms with E-state index in [-0.39, 0.29) is 5.91 Å². The highest BCUT2D eigenvalue weighted by molar-refractivity contribution is 6.33. The van der Waals surface area contributed by atoms with E-state index in [1.807, 2.05) is 6.07 Å². The minimum Gasteiger partial charge on any atom is -0.383 e. The van der Waals surface area contributed by atoms with Crippen molar-refractivity contribution in [1.29, 1.82) is 0 Å². The number of carbonyl (C=O) groups excluding carboxylic acids is 1. The standard InChI is InChI=1S/C20H18Cl2N4O2/c1-28-10-9-23-17-11-13(19-16(22)3-2-8-24-19)4-6-15(17)20(27)26-18-7-5-14(21)12-25-18/h2-8,11-12,23H,9-10H2,1H3,(H,25,26,27). The van der Waals surface area contributed by atoms with Crippen LogP contribution < -0.4 is 10.6 Å². The van der Waals surface area contributed by atoms with Gasteiger partial charge in [-0.25, -0.2) is 4.98 Å². The molecule has 6 nitrogen and oxygen atoms in total. The smallest absolute Gasteiger partial charge is 0.258 e. The van der Waals surface area contributed by atoms with Crippen molar-refractivity contribution in [3.05, 3.63) is 70.5 Å². The fourth-order valence-electron chi connectivity index (χ4n) is 2.56. The summed E-state index contributed by atoms with van der Waals surface area (Å²) in [6.45, 7) is 1.03. The third kappa shape index (κ3) is 4.98. The molecule has 0 saturated carbocycles. The van der Waals surface area contributed by atoms with Crippen LogP contribution in [0.1, 0.15) is 10.4 Å². The van der Waals surface area contributed by atoms with Crippen LogP contribution in [0.15, 0.2) is 54.9 Å². The van der Waals surface area contributed by atoms with E-state index in [0.717, 1.165) is 5.56 Å². The molecule has 0 spiro atoms. The molecular weight excluding hydrogens is 399 g/mol. The first-order chi connectivity index (χ1) is 13.6. The molecule has 0 saturated heterocycles. The van der Waals surface area contributed by atoms with E-state index in [4.69, 9.17) is 27.9 Å². The van der Waals surface area contributed by atoms with Gasteiger partial charge in [-0.1, -0.05) is 29.3 Å². The van der Waals surface area contributed by atoms with Gasteiger partial charge in [-0.05, 0) is 36.4 Å². The van der Waals surface area contributed by atoms with Gasteiger partial charge in [0, 0.05) is 37.3 Å². The minimum atomic E-state index is -0.298. The van der Waals surface area contributed by atoms with Gasteiger partial charge in [0.15, 0.2) is 0 Å². The van der Waals surface area contributed by atoms with Gasteiger partial charge in [-0.3, -0.25) is 9.78 Å². The van der Waals surface area contributed by atoms with Crippen LogP contribution in [0.2, 0.25) is 10.0 Å². The number of nitrogens with one attached hydrogen (secondary N) is 2. The Morgan fingerprint density at radius 1 is 1.14 bits per heavy atom. The number of anilines is 2. The molecule has 2 aromatic heterocycles. The molecule has 1 aromatic carbocycles. The van der Waals surface area contributed by atoms with E-state index in [0.29, 0.717) is 46.0 Å². The summed E-state index contributed by atoms with van der Waals surface area (Å²) in [5.41, 5.74) is 2.54. The highest BCUT2D eigenvalue weighted by atomic mass is 35.5. The van der Waals surface area contributed by atoms with Gasteiger partial charge in [0.1, 0.15) is 5.82 Å². The van der Waals surface area contributed by atoms with Gasteiger partial charge >= 0.3 is 0 Å². The third-order valence-corrected chi connectivity index (χ3v) is 4.42. The number of methoxy groups -OCH3 is 1. The molecule has 1 amide bonds. The number of hydrogen-bond acceptors (Lipinski definition) is 5. The van der Waals surface area contributed by atoms with Crippen LogP contribution in [-0.2, 0) is 4.74 Å². The highest BCUT2D eigenvalue weighted by Crippen LogP contribution is 2.29. The average Bonchev–Trinajstić information content (AvgIpc) is 2.70. The Labute approximate surface area is 172 Å². The maximum Gasteiger partial charge on any atom is 0.258 e. The summed E-state index contributed by atoms with van der Waals surface area (Å²) in [5.74, 6) is 0.113. The number of benzene rings is 1. The molecule has 0 unspecified atom stereocenters. The molecule has 0 aliphatic rings. The Bertz CT molecular complexity index is 965. The van der Waals surface area contributed by atoms with E-state index in [9.17, 15) is 4.79 Å². The normalized spacial score (nSPS) is 10.5. The number of ether oxygens (including phenoxy) is 1. The number of hydrogen-bond donors (Lipinski definition) is 2. The predicted octanol–water partition coefficient (Wildman–Crippen LogP) is 4.76. The molecule has 0 atom stereocenters. The van der Waals surface area contributed by atoms with Gasteiger partial charge in [0.2, 0.25) is 0 Å². The van der Waals surface area contributed by atoms with Crippen LogP contribution in [-0.4, -0.2) is 36.1 Å². The topological polar surface area (TPSA) is 76.1 Å². The molecule has 3 rings (SSSR count). The summed E-state index contributed by atoms with van der Waals surface area (Å²) >= 11 is 12.1.